The number of fused-ring (bicyclic) bond motifs is 1. The molecule has 0 aromatic heterocycles. The van der Waals surface area contributed by atoms with Crippen LogP contribution < -0.4 is 5.73 Å². The Bertz CT molecular complexity index is 599. The molecule has 0 heterocycles. The van der Waals surface area contributed by atoms with Crippen LogP contribution in [0.3, 0.4) is 0 Å². The highest BCUT2D eigenvalue weighted by atomic mass is 16.2. The molecule has 2 aromatic rings. The number of rotatable bonds is 3. The van der Waals surface area contributed by atoms with Crippen molar-refractivity contribution in [2.75, 3.05) is 7.05 Å². The molecule has 0 fully saturated rings. The van der Waals surface area contributed by atoms with E-state index in [1.807, 2.05) is 12.1 Å². The van der Waals surface area contributed by atoms with E-state index in [0.29, 0.717) is 6.54 Å². The maximum Gasteiger partial charge on any atom is 0.242 e. The first-order chi connectivity index (χ1) is 8.88. The molecule has 0 atom stereocenters. The molecule has 0 radical (unpaired) electrons. The smallest absolute Gasteiger partial charge is 0.242 e. The van der Waals surface area contributed by atoms with Crippen LogP contribution in [-0.2, 0) is 11.3 Å². The average Bonchev–Trinajstić information content (AvgIpc) is 2.36. The maximum absolute atomic E-state index is 12.0. The molecule has 2 rings (SSSR count). The molecule has 3 heteroatoms. The van der Waals surface area contributed by atoms with Gasteiger partial charge >= 0.3 is 0 Å². The molecule has 0 saturated heterocycles. The zero-order chi connectivity index (χ0) is 14.0. The fraction of sp³-hybridized carbons (Fsp3) is 0.312. The zero-order valence-corrected chi connectivity index (χ0v) is 11.7. The summed E-state index contributed by atoms with van der Waals surface area (Å²) in [7, 11) is 1.78. The SMILES string of the molecule is CN(Cc1ccc2ccccc2c1)C(=O)C(C)(C)N. The van der Waals surface area contributed by atoms with Gasteiger partial charge in [0.15, 0.2) is 0 Å². The summed E-state index contributed by atoms with van der Waals surface area (Å²) in [5.41, 5.74) is 6.12. The van der Waals surface area contributed by atoms with Gasteiger partial charge in [0.2, 0.25) is 5.91 Å². The van der Waals surface area contributed by atoms with Gasteiger partial charge < -0.3 is 10.6 Å². The van der Waals surface area contributed by atoms with Gasteiger partial charge in [0.1, 0.15) is 0 Å². The highest BCUT2D eigenvalue weighted by Gasteiger charge is 2.25. The molecule has 2 aromatic carbocycles. The first-order valence-electron chi connectivity index (χ1n) is 6.40. The van der Waals surface area contributed by atoms with E-state index in [4.69, 9.17) is 5.73 Å². The van der Waals surface area contributed by atoms with Crippen LogP contribution >= 0.6 is 0 Å². The third kappa shape index (κ3) is 3.12. The van der Waals surface area contributed by atoms with Crippen LogP contribution in [0.25, 0.3) is 10.8 Å². The summed E-state index contributed by atoms with van der Waals surface area (Å²) in [6, 6.07) is 14.4. The molecule has 0 bridgehead atoms. The Morgan fingerprint density at radius 3 is 2.42 bits per heavy atom. The minimum absolute atomic E-state index is 0.0549. The molecular weight excluding hydrogens is 236 g/mol. The van der Waals surface area contributed by atoms with Gasteiger partial charge in [0.25, 0.3) is 0 Å². The summed E-state index contributed by atoms with van der Waals surface area (Å²) in [6.07, 6.45) is 0. The van der Waals surface area contributed by atoms with Gasteiger partial charge in [0, 0.05) is 13.6 Å². The lowest BCUT2D eigenvalue weighted by molar-refractivity contribution is -0.134. The number of benzene rings is 2. The summed E-state index contributed by atoms with van der Waals surface area (Å²) in [5.74, 6) is -0.0549. The Balaban J connectivity index is 2.19. The number of carbonyl (C=O) groups excluding carboxylic acids is 1. The third-order valence-corrected chi connectivity index (χ3v) is 3.13. The molecule has 0 unspecified atom stereocenters. The van der Waals surface area contributed by atoms with E-state index in [9.17, 15) is 4.79 Å². The van der Waals surface area contributed by atoms with Gasteiger partial charge in [-0.25, -0.2) is 0 Å². The van der Waals surface area contributed by atoms with E-state index < -0.39 is 5.54 Å². The summed E-state index contributed by atoms with van der Waals surface area (Å²) in [4.78, 5) is 13.7. The van der Waals surface area contributed by atoms with Gasteiger partial charge in [0.05, 0.1) is 5.54 Å². The first kappa shape index (κ1) is 13.6. The van der Waals surface area contributed by atoms with Crippen molar-refractivity contribution in [3.8, 4) is 0 Å². The quantitative estimate of drug-likeness (QED) is 0.917. The summed E-state index contributed by atoms with van der Waals surface area (Å²) < 4.78 is 0. The molecule has 0 saturated carbocycles. The lowest BCUT2D eigenvalue weighted by Gasteiger charge is -2.26. The minimum Gasteiger partial charge on any atom is -0.340 e. The number of amides is 1. The van der Waals surface area contributed by atoms with Crippen LogP contribution in [0.15, 0.2) is 42.5 Å². The van der Waals surface area contributed by atoms with Crippen LogP contribution in [-0.4, -0.2) is 23.4 Å². The van der Waals surface area contributed by atoms with E-state index in [1.54, 1.807) is 25.8 Å². The van der Waals surface area contributed by atoms with Crippen LogP contribution in [0.2, 0.25) is 0 Å². The second-order valence-corrected chi connectivity index (χ2v) is 5.56. The Kier molecular flexibility index (Phi) is 3.58. The Hall–Kier alpha value is -1.87. The van der Waals surface area contributed by atoms with Crippen molar-refractivity contribution >= 4 is 16.7 Å². The summed E-state index contributed by atoms with van der Waals surface area (Å²) in [5, 5.41) is 2.40. The molecule has 100 valence electrons. The Morgan fingerprint density at radius 1 is 1.16 bits per heavy atom. The topological polar surface area (TPSA) is 46.3 Å². The molecule has 0 aliphatic carbocycles. The molecular formula is C16H20N2O. The fourth-order valence-corrected chi connectivity index (χ4v) is 2.17. The molecule has 3 nitrogen and oxygen atoms in total. The molecule has 0 aliphatic heterocycles. The van der Waals surface area contributed by atoms with Crippen molar-refractivity contribution in [2.24, 2.45) is 5.73 Å². The van der Waals surface area contributed by atoms with E-state index >= 15 is 0 Å². The van der Waals surface area contributed by atoms with Crippen molar-refractivity contribution in [3.63, 3.8) is 0 Å². The predicted molar refractivity (Wildman–Crippen MR) is 78.7 cm³/mol. The van der Waals surface area contributed by atoms with E-state index in [-0.39, 0.29) is 5.91 Å². The number of nitrogens with two attached hydrogens (primary N) is 1. The number of carbonyl (C=O) groups is 1. The minimum atomic E-state index is -0.828. The van der Waals surface area contributed by atoms with Gasteiger partial charge in [-0.15, -0.1) is 0 Å². The Labute approximate surface area is 114 Å². The normalized spacial score (nSPS) is 11.6. The highest BCUT2D eigenvalue weighted by Crippen LogP contribution is 2.17. The monoisotopic (exact) mass is 256 g/mol. The van der Waals surface area contributed by atoms with Crippen molar-refractivity contribution in [1.82, 2.24) is 4.90 Å². The molecule has 0 aliphatic rings. The first-order valence-corrected chi connectivity index (χ1v) is 6.40. The van der Waals surface area contributed by atoms with Crippen LogP contribution in [0, 0.1) is 0 Å². The lowest BCUT2D eigenvalue weighted by atomic mass is 10.0. The number of likely N-dealkylation sites (N-methyl/N-ethyl adjacent to an activating group) is 1. The number of hydrogen-bond donors (Lipinski definition) is 1. The second kappa shape index (κ2) is 5.02. The van der Waals surface area contributed by atoms with Gasteiger partial charge in [-0.1, -0.05) is 36.4 Å². The zero-order valence-electron chi connectivity index (χ0n) is 11.7. The van der Waals surface area contributed by atoms with E-state index in [1.165, 1.54) is 10.8 Å². The van der Waals surface area contributed by atoms with Crippen LogP contribution in [0.4, 0.5) is 0 Å². The molecule has 1 amide bonds. The van der Waals surface area contributed by atoms with Gasteiger partial charge in [-0.3, -0.25) is 4.79 Å². The maximum atomic E-state index is 12.0. The average molecular weight is 256 g/mol. The summed E-state index contributed by atoms with van der Waals surface area (Å²) in [6.45, 7) is 4.03. The predicted octanol–water partition coefficient (Wildman–Crippen LogP) is 2.54. The Morgan fingerprint density at radius 2 is 1.79 bits per heavy atom. The number of nitrogens with zero attached hydrogens (tertiary/aromatic N) is 1. The molecule has 19 heavy (non-hydrogen) atoms. The van der Waals surface area contributed by atoms with Crippen molar-refractivity contribution in [3.05, 3.63) is 48.0 Å². The standard InChI is InChI=1S/C16H20N2O/c1-16(2,17)15(19)18(3)11-12-8-9-13-6-4-5-7-14(13)10-12/h4-10H,11,17H2,1-3H3. The molecule has 0 spiro atoms. The fourth-order valence-electron chi connectivity index (χ4n) is 2.17. The van der Waals surface area contributed by atoms with Crippen LogP contribution in [0.5, 0.6) is 0 Å². The van der Waals surface area contributed by atoms with Crippen molar-refractivity contribution < 1.29 is 4.79 Å². The van der Waals surface area contributed by atoms with E-state index in [2.05, 4.69) is 30.3 Å². The van der Waals surface area contributed by atoms with Crippen LogP contribution in [0.1, 0.15) is 19.4 Å². The van der Waals surface area contributed by atoms with Crippen molar-refractivity contribution in [2.45, 2.75) is 25.9 Å². The van der Waals surface area contributed by atoms with Crippen molar-refractivity contribution in [1.29, 1.82) is 0 Å². The largest absolute Gasteiger partial charge is 0.340 e. The second-order valence-electron chi connectivity index (χ2n) is 5.56. The highest BCUT2D eigenvalue weighted by molar-refractivity contribution is 5.85. The lowest BCUT2D eigenvalue weighted by Crippen LogP contribution is -2.49. The van der Waals surface area contributed by atoms with Gasteiger partial charge in [-0.2, -0.15) is 0 Å². The summed E-state index contributed by atoms with van der Waals surface area (Å²) >= 11 is 0. The van der Waals surface area contributed by atoms with Gasteiger partial charge in [-0.05, 0) is 36.2 Å². The third-order valence-electron chi connectivity index (χ3n) is 3.13. The number of hydrogen-bond acceptors (Lipinski definition) is 2. The van der Waals surface area contributed by atoms with E-state index in [0.717, 1.165) is 5.56 Å². The molecule has 2 N–H and O–H groups in total.